The van der Waals surface area contributed by atoms with E-state index < -0.39 is 5.60 Å². The monoisotopic (exact) mass is 518 g/mol. The molecule has 1 amide bonds. The van der Waals surface area contributed by atoms with Crippen molar-refractivity contribution >= 4 is 12.1 Å². The van der Waals surface area contributed by atoms with Crippen LogP contribution in [0.4, 0.5) is 4.79 Å². The van der Waals surface area contributed by atoms with E-state index in [9.17, 15) is 9.59 Å². The molecule has 1 saturated heterocycles. The second-order valence-electron chi connectivity index (χ2n) is 11.2. The maximum absolute atomic E-state index is 12.3. The highest BCUT2D eigenvalue weighted by Gasteiger charge is 2.30. The van der Waals surface area contributed by atoms with Crippen molar-refractivity contribution < 1.29 is 28.5 Å². The first-order valence-electron chi connectivity index (χ1n) is 13.9. The highest BCUT2D eigenvalue weighted by molar-refractivity contribution is 5.69. The number of ether oxygens (including phenoxy) is 4. The van der Waals surface area contributed by atoms with Crippen molar-refractivity contribution in [3.8, 4) is 5.75 Å². The standard InChI is InChI=1S/C29H46N2O6/c1-29(2,3)37-28(33)31-24-11-9-18-30-25(24)20-36-22-16-14-21(15-17-22)23-10-5-6-12-26(23)35-19-8-7-13-27(32)34-4/h5-6,10,12,21-22,24-25,30H,7-9,11,13-20H2,1-4H3,(H,31,33)/t21?,22?,24-,25-/m0/s1. The molecule has 1 aliphatic carbocycles. The first-order chi connectivity index (χ1) is 17.7. The number of rotatable bonds is 11. The third-order valence-corrected chi connectivity index (χ3v) is 7.09. The number of unbranched alkanes of at least 4 members (excludes halogenated alkanes) is 1. The van der Waals surface area contributed by atoms with Crippen LogP contribution in [-0.4, -0.2) is 62.7 Å². The van der Waals surface area contributed by atoms with E-state index >= 15 is 0 Å². The van der Waals surface area contributed by atoms with Crippen LogP contribution in [-0.2, 0) is 19.0 Å². The van der Waals surface area contributed by atoms with Gasteiger partial charge in [0, 0.05) is 12.5 Å². The van der Waals surface area contributed by atoms with Gasteiger partial charge >= 0.3 is 12.1 Å². The van der Waals surface area contributed by atoms with Gasteiger partial charge in [-0.15, -0.1) is 0 Å². The quantitative estimate of drug-likeness (QED) is 0.311. The molecular formula is C29H46N2O6. The average Bonchev–Trinajstić information content (AvgIpc) is 2.87. The van der Waals surface area contributed by atoms with Gasteiger partial charge in [-0.3, -0.25) is 4.79 Å². The van der Waals surface area contributed by atoms with Gasteiger partial charge in [0.05, 0.1) is 32.5 Å². The molecule has 2 atom stereocenters. The smallest absolute Gasteiger partial charge is 0.407 e. The van der Waals surface area contributed by atoms with Gasteiger partial charge in [-0.2, -0.15) is 0 Å². The van der Waals surface area contributed by atoms with Crippen LogP contribution < -0.4 is 15.4 Å². The minimum Gasteiger partial charge on any atom is -0.493 e. The summed E-state index contributed by atoms with van der Waals surface area (Å²) >= 11 is 0. The van der Waals surface area contributed by atoms with Crippen molar-refractivity contribution in [1.82, 2.24) is 10.6 Å². The van der Waals surface area contributed by atoms with E-state index in [-0.39, 0.29) is 30.3 Å². The molecule has 208 valence electrons. The molecule has 37 heavy (non-hydrogen) atoms. The Labute approximate surface area is 222 Å². The summed E-state index contributed by atoms with van der Waals surface area (Å²) in [7, 11) is 1.42. The summed E-state index contributed by atoms with van der Waals surface area (Å²) in [6, 6.07) is 8.42. The molecule has 0 spiro atoms. The molecule has 2 aliphatic rings. The van der Waals surface area contributed by atoms with Crippen molar-refractivity contribution in [2.75, 3.05) is 26.9 Å². The van der Waals surface area contributed by atoms with Gasteiger partial charge in [0.25, 0.3) is 0 Å². The summed E-state index contributed by atoms with van der Waals surface area (Å²) in [6.45, 7) is 7.75. The third-order valence-electron chi connectivity index (χ3n) is 7.09. The maximum Gasteiger partial charge on any atom is 0.407 e. The zero-order valence-corrected chi connectivity index (χ0v) is 23.1. The lowest BCUT2D eigenvalue weighted by atomic mass is 9.82. The fourth-order valence-electron chi connectivity index (χ4n) is 5.14. The number of benzene rings is 1. The lowest BCUT2D eigenvalue weighted by Gasteiger charge is -2.36. The molecule has 8 nitrogen and oxygen atoms in total. The normalized spacial score (nSPS) is 24.2. The van der Waals surface area contributed by atoms with Gasteiger partial charge in [-0.25, -0.2) is 4.79 Å². The van der Waals surface area contributed by atoms with E-state index in [1.807, 2.05) is 32.9 Å². The van der Waals surface area contributed by atoms with Gasteiger partial charge in [-0.05, 0) is 96.2 Å². The van der Waals surface area contributed by atoms with Crippen molar-refractivity contribution in [1.29, 1.82) is 0 Å². The van der Waals surface area contributed by atoms with Crippen molar-refractivity contribution in [3.05, 3.63) is 29.8 Å². The summed E-state index contributed by atoms with van der Waals surface area (Å²) in [5.41, 5.74) is 0.759. The molecule has 2 fully saturated rings. The number of hydrogen-bond donors (Lipinski definition) is 2. The molecule has 2 N–H and O–H groups in total. The third kappa shape index (κ3) is 10.2. The highest BCUT2D eigenvalue weighted by atomic mass is 16.6. The van der Waals surface area contributed by atoms with E-state index in [0.29, 0.717) is 25.6 Å². The van der Waals surface area contributed by atoms with E-state index in [4.69, 9.17) is 18.9 Å². The molecule has 1 aromatic carbocycles. The first-order valence-corrected chi connectivity index (χ1v) is 13.9. The number of carbonyl (C=O) groups is 2. The Balaban J connectivity index is 1.42. The van der Waals surface area contributed by atoms with Crippen LogP contribution in [0.25, 0.3) is 0 Å². The number of amides is 1. The molecule has 0 radical (unpaired) electrons. The molecule has 1 saturated carbocycles. The first kappa shape index (κ1) is 29.2. The number of hydrogen-bond acceptors (Lipinski definition) is 7. The van der Waals surface area contributed by atoms with Crippen molar-refractivity contribution in [2.45, 2.75) is 108 Å². The van der Waals surface area contributed by atoms with Crippen molar-refractivity contribution in [3.63, 3.8) is 0 Å². The Morgan fingerprint density at radius 2 is 1.81 bits per heavy atom. The fourth-order valence-corrected chi connectivity index (χ4v) is 5.14. The Hall–Kier alpha value is -2.32. The predicted molar refractivity (Wildman–Crippen MR) is 143 cm³/mol. The summed E-state index contributed by atoms with van der Waals surface area (Å²) in [6.07, 6.45) is 7.97. The molecule has 0 aromatic heterocycles. The minimum atomic E-state index is -0.509. The molecule has 3 rings (SSSR count). The molecule has 0 bridgehead atoms. The number of piperidine rings is 1. The van der Waals surface area contributed by atoms with Gasteiger partial charge in [0.15, 0.2) is 0 Å². The van der Waals surface area contributed by atoms with Gasteiger partial charge in [0.1, 0.15) is 11.4 Å². The molecule has 1 aliphatic heterocycles. The summed E-state index contributed by atoms with van der Waals surface area (Å²) in [5.74, 6) is 1.24. The Kier molecular flexibility index (Phi) is 11.5. The van der Waals surface area contributed by atoms with E-state index in [0.717, 1.165) is 63.7 Å². The summed E-state index contributed by atoms with van der Waals surface area (Å²) in [5, 5.41) is 6.56. The summed E-state index contributed by atoms with van der Waals surface area (Å²) < 4.78 is 22.6. The maximum atomic E-state index is 12.3. The SMILES string of the molecule is COC(=O)CCCCOc1ccccc1C1CCC(OC[C@@H]2NCCC[C@@H]2NC(=O)OC(C)(C)C)CC1. The van der Waals surface area contributed by atoms with Crippen molar-refractivity contribution in [2.24, 2.45) is 0 Å². The topological polar surface area (TPSA) is 95.1 Å². The van der Waals surface area contributed by atoms with Gasteiger partial charge < -0.3 is 29.6 Å². The van der Waals surface area contributed by atoms with Gasteiger partial charge in [0.2, 0.25) is 0 Å². The predicted octanol–water partition coefficient (Wildman–Crippen LogP) is 5.10. The van der Waals surface area contributed by atoms with Crippen LogP contribution in [0.1, 0.15) is 90.0 Å². The molecule has 8 heteroatoms. The van der Waals surface area contributed by atoms with Crippen LogP contribution in [0, 0.1) is 0 Å². The average molecular weight is 519 g/mol. The summed E-state index contributed by atoms with van der Waals surface area (Å²) in [4.78, 5) is 23.6. The number of esters is 1. The number of nitrogens with one attached hydrogen (secondary N) is 2. The Bertz CT molecular complexity index is 847. The van der Waals surface area contributed by atoms with Gasteiger partial charge in [-0.1, -0.05) is 18.2 Å². The Morgan fingerprint density at radius 1 is 1.05 bits per heavy atom. The number of carbonyl (C=O) groups excluding carboxylic acids is 2. The Morgan fingerprint density at radius 3 is 2.54 bits per heavy atom. The molecular weight excluding hydrogens is 472 g/mol. The lowest BCUT2D eigenvalue weighted by molar-refractivity contribution is -0.140. The molecule has 1 heterocycles. The largest absolute Gasteiger partial charge is 0.493 e. The zero-order valence-electron chi connectivity index (χ0n) is 23.1. The van der Waals surface area contributed by atoms with Crippen LogP contribution in [0.2, 0.25) is 0 Å². The minimum absolute atomic E-state index is 0.0107. The number of alkyl carbamates (subject to hydrolysis) is 1. The second-order valence-corrected chi connectivity index (χ2v) is 11.2. The van der Waals surface area contributed by atoms with E-state index in [2.05, 4.69) is 22.8 Å². The van der Waals surface area contributed by atoms with Crippen LogP contribution >= 0.6 is 0 Å². The highest BCUT2D eigenvalue weighted by Crippen LogP contribution is 2.38. The fraction of sp³-hybridized carbons (Fsp3) is 0.724. The second kappa shape index (κ2) is 14.6. The number of para-hydroxylation sites is 1. The van der Waals surface area contributed by atoms with Crippen LogP contribution in [0.15, 0.2) is 24.3 Å². The van der Waals surface area contributed by atoms with Crippen LogP contribution in [0.5, 0.6) is 5.75 Å². The zero-order chi connectivity index (χ0) is 26.7. The van der Waals surface area contributed by atoms with E-state index in [1.165, 1.54) is 12.7 Å². The molecule has 0 unspecified atom stereocenters. The molecule has 1 aromatic rings. The van der Waals surface area contributed by atoms with Crippen LogP contribution in [0.3, 0.4) is 0 Å². The lowest BCUT2D eigenvalue weighted by Crippen LogP contribution is -2.56. The number of methoxy groups -OCH3 is 1. The van der Waals surface area contributed by atoms with E-state index in [1.54, 1.807) is 0 Å².